The van der Waals surface area contributed by atoms with Crippen molar-refractivity contribution in [2.45, 2.75) is 12.5 Å². The van der Waals surface area contributed by atoms with Gasteiger partial charge in [0.15, 0.2) is 11.5 Å². The molecule has 1 aliphatic heterocycles. The number of hydrogen-bond acceptors (Lipinski definition) is 5. The second-order valence-electron chi connectivity index (χ2n) is 8.58. The summed E-state index contributed by atoms with van der Waals surface area (Å²) in [6.07, 6.45) is 0. The van der Waals surface area contributed by atoms with E-state index < -0.39 is 5.92 Å². The van der Waals surface area contributed by atoms with Crippen LogP contribution in [0.1, 0.15) is 27.4 Å². The molecular weight excluding hydrogens is 463 g/mol. The van der Waals surface area contributed by atoms with Crippen molar-refractivity contribution < 1.29 is 28.2 Å². The van der Waals surface area contributed by atoms with Crippen LogP contribution in [0.4, 0.5) is 4.39 Å². The Morgan fingerprint density at radius 2 is 1.69 bits per heavy atom. The SMILES string of the molecule is COc1cccc(C(=O)N2C[C@H](c3cccc(OC)c3OC)[C@H](C(=O)NCc3ccc(F)cc3)C2)c1. The van der Waals surface area contributed by atoms with Crippen LogP contribution in [-0.4, -0.2) is 51.1 Å². The lowest BCUT2D eigenvalue weighted by atomic mass is 9.87. The fraction of sp³-hybridized carbons (Fsp3) is 0.286. The minimum Gasteiger partial charge on any atom is -0.497 e. The van der Waals surface area contributed by atoms with Gasteiger partial charge in [-0.25, -0.2) is 4.39 Å². The van der Waals surface area contributed by atoms with Crippen LogP contribution in [0.3, 0.4) is 0 Å². The van der Waals surface area contributed by atoms with E-state index in [0.717, 1.165) is 11.1 Å². The molecule has 1 heterocycles. The third kappa shape index (κ3) is 5.27. The highest BCUT2D eigenvalue weighted by atomic mass is 19.1. The smallest absolute Gasteiger partial charge is 0.254 e. The Morgan fingerprint density at radius 3 is 2.39 bits per heavy atom. The van der Waals surface area contributed by atoms with Crippen LogP contribution < -0.4 is 19.5 Å². The molecule has 3 aromatic carbocycles. The van der Waals surface area contributed by atoms with Crippen molar-refractivity contribution in [2.24, 2.45) is 5.92 Å². The Balaban J connectivity index is 1.62. The summed E-state index contributed by atoms with van der Waals surface area (Å²) in [6.45, 7) is 0.811. The minimum atomic E-state index is -0.527. The number of methoxy groups -OCH3 is 3. The summed E-state index contributed by atoms with van der Waals surface area (Å²) in [5, 5.41) is 2.95. The van der Waals surface area contributed by atoms with Gasteiger partial charge in [0.1, 0.15) is 11.6 Å². The Labute approximate surface area is 209 Å². The van der Waals surface area contributed by atoms with Crippen molar-refractivity contribution in [3.05, 3.63) is 89.2 Å². The molecule has 2 amide bonds. The fourth-order valence-corrected chi connectivity index (χ4v) is 4.62. The second kappa shape index (κ2) is 11.1. The molecule has 36 heavy (non-hydrogen) atoms. The van der Waals surface area contributed by atoms with E-state index in [1.165, 1.54) is 12.1 Å². The number of benzene rings is 3. The molecule has 2 atom stereocenters. The van der Waals surface area contributed by atoms with Crippen molar-refractivity contribution in [3.63, 3.8) is 0 Å². The summed E-state index contributed by atoms with van der Waals surface area (Å²) in [5.74, 6) is 0.107. The zero-order valence-corrected chi connectivity index (χ0v) is 20.5. The molecule has 8 heteroatoms. The summed E-state index contributed by atoms with van der Waals surface area (Å²) in [6, 6.07) is 18.5. The van der Waals surface area contributed by atoms with E-state index in [2.05, 4.69) is 5.32 Å². The topological polar surface area (TPSA) is 77.1 Å². The predicted molar refractivity (Wildman–Crippen MR) is 133 cm³/mol. The molecule has 0 unspecified atom stereocenters. The van der Waals surface area contributed by atoms with E-state index in [1.807, 2.05) is 12.1 Å². The molecule has 1 saturated heterocycles. The van der Waals surface area contributed by atoms with Gasteiger partial charge in [0.05, 0.1) is 27.2 Å². The first-order chi connectivity index (χ1) is 17.4. The monoisotopic (exact) mass is 492 g/mol. The van der Waals surface area contributed by atoms with Gasteiger partial charge in [-0.15, -0.1) is 0 Å². The van der Waals surface area contributed by atoms with Crippen molar-refractivity contribution in [2.75, 3.05) is 34.4 Å². The number of halogens is 1. The van der Waals surface area contributed by atoms with Gasteiger partial charge in [0, 0.05) is 36.7 Å². The predicted octanol–water partition coefficient (Wildman–Crippen LogP) is 4.02. The highest BCUT2D eigenvalue weighted by Gasteiger charge is 2.42. The van der Waals surface area contributed by atoms with E-state index in [1.54, 1.807) is 68.7 Å². The standard InChI is InChI=1S/C28H29FN2O5/c1-34-21-7-4-6-19(14-21)28(33)31-16-23(22-8-5-9-25(35-2)26(22)36-3)24(17-31)27(32)30-15-18-10-12-20(29)13-11-18/h4-14,23-24H,15-17H2,1-3H3,(H,30,32)/t23-,24-/m1/s1. The average Bonchev–Trinajstić information content (AvgIpc) is 3.37. The van der Waals surface area contributed by atoms with Gasteiger partial charge in [0.25, 0.3) is 5.91 Å². The summed E-state index contributed by atoms with van der Waals surface area (Å²) in [5.41, 5.74) is 2.06. The molecular formula is C28H29FN2O5. The highest BCUT2D eigenvalue weighted by Crippen LogP contribution is 2.42. The third-order valence-electron chi connectivity index (χ3n) is 6.47. The van der Waals surface area contributed by atoms with Gasteiger partial charge >= 0.3 is 0 Å². The molecule has 188 valence electrons. The molecule has 1 N–H and O–H groups in total. The third-order valence-corrected chi connectivity index (χ3v) is 6.47. The number of para-hydroxylation sites is 1. The zero-order chi connectivity index (χ0) is 25.7. The van der Waals surface area contributed by atoms with Gasteiger partial charge < -0.3 is 24.4 Å². The van der Waals surface area contributed by atoms with Gasteiger partial charge in [-0.05, 0) is 42.0 Å². The summed E-state index contributed by atoms with van der Waals surface area (Å²) in [4.78, 5) is 28.5. The summed E-state index contributed by atoms with van der Waals surface area (Å²) >= 11 is 0. The van der Waals surface area contributed by atoms with Crippen molar-refractivity contribution in [1.29, 1.82) is 0 Å². The largest absolute Gasteiger partial charge is 0.497 e. The number of nitrogens with zero attached hydrogens (tertiary/aromatic N) is 1. The molecule has 4 rings (SSSR count). The molecule has 7 nitrogen and oxygen atoms in total. The summed E-state index contributed by atoms with van der Waals surface area (Å²) in [7, 11) is 4.66. The van der Waals surface area contributed by atoms with Gasteiger partial charge in [-0.3, -0.25) is 9.59 Å². The maximum absolute atomic E-state index is 13.4. The maximum atomic E-state index is 13.4. The van der Waals surface area contributed by atoms with E-state index in [9.17, 15) is 14.0 Å². The van der Waals surface area contributed by atoms with Crippen LogP contribution in [0.2, 0.25) is 0 Å². The Bertz CT molecular complexity index is 1230. The number of nitrogens with one attached hydrogen (secondary N) is 1. The van der Waals surface area contributed by atoms with Crippen LogP contribution >= 0.6 is 0 Å². The first-order valence-corrected chi connectivity index (χ1v) is 11.6. The van der Waals surface area contributed by atoms with E-state index in [-0.39, 0.29) is 36.6 Å². The van der Waals surface area contributed by atoms with E-state index >= 15 is 0 Å². The summed E-state index contributed by atoms with van der Waals surface area (Å²) < 4.78 is 29.6. The molecule has 0 aliphatic carbocycles. The van der Waals surface area contributed by atoms with Gasteiger partial charge in [0.2, 0.25) is 5.91 Å². The number of likely N-dealkylation sites (tertiary alicyclic amines) is 1. The molecule has 1 aliphatic rings. The Kier molecular flexibility index (Phi) is 7.73. The molecule has 3 aromatic rings. The number of carbonyl (C=O) groups is 2. The zero-order valence-electron chi connectivity index (χ0n) is 20.5. The van der Waals surface area contributed by atoms with Crippen LogP contribution in [0.5, 0.6) is 17.2 Å². The number of ether oxygens (including phenoxy) is 3. The number of amides is 2. The number of carbonyl (C=O) groups excluding carboxylic acids is 2. The quantitative estimate of drug-likeness (QED) is 0.514. The number of hydrogen-bond donors (Lipinski definition) is 1. The number of rotatable bonds is 8. The van der Waals surface area contributed by atoms with Crippen molar-refractivity contribution in [1.82, 2.24) is 10.2 Å². The molecule has 0 aromatic heterocycles. The Morgan fingerprint density at radius 1 is 0.944 bits per heavy atom. The lowest BCUT2D eigenvalue weighted by Crippen LogP contribution is -2.35. The minimum absolute atomic E-state index is 0.186. The van der Waals surface area contributed by atoms with Crippen LogP contribution in [-0.2, 0) is 11.3 Å². The van der Waals surface area contributed by atoms with Crippen LogP contribution in [0.25, 0.3) is 0 Å². The lowest BCUT2D eigenvalue weighted by molar-refractivity contribution is -0.125. The van der Waals surface area contributed by atoms with Crippen LogP contribution in [0.15, 0.2) is 66.7 Å². The van der Waals surface area contributed by atoms with Gasteiger partial charge in [-0.1, -0.05) is 30.3 Å². The second-order valence-corrected chi connectivity index (χ2v) is 8.58. The normalized spacial score (nSPS) is 16.9. The van der Waals surface area contributed by atoms with Gasteiger partial charge in [-0.2, -0.15) is 0 Å². The van der Waals surface area contributed by atoms with E-state index in [0.29, 0.717) is 29.4 Å². The average molecular weight is 493 g/mol. The van der Waals surface area contributed by atoms with E-state index in [4.69, 9.17) is 14.2 Å². The van der Waals surface area contributed by atoms with Crippen molar-refractivity contribution in [3.8, 4) is 17.2 Å². The molecule has 1 fully saturated rings. The first kappa shape index (κ1) is 25.0. The molecule has 0 bridgehead atoms. The van der Waals surface area contributed by atoms with Crippen molar-refractivity contribution >= 4 is 11.8 Å². The highest BCUT2D eigenvalue weighted by molar-refractivity contribution is 5.95. The molecule has 0 radical (unpaired) electrons. The molecule has 0 spiro atoms. The Hall–Kier alpha value is -4.07. The molecule has 0 saturated carbocycles. The maximum Gasteiger partial charge on any atom is 0.254 e. The lowest BCUT2D eigenvalue weighted by Gasteiger charge is -2.21. The fourth-order valence-electron chi connectivity index (χ4n) is 4.62. The first-order valence-electron chi connectivity index (χ1n) is 11.6. The van der Waals surface area contributed by atoms with Crippen LogP contribution in [0, 0.1) is 11.7 Å².